The summed E-state index contributed by atoms with van der Waals surface area (Å²) in [4.78, 5) is 13.8. The van der Waals surface area contributed by atoms with Crippen LogP contribution in [0.1, 0.15) is 28.7 Å². The Kier molecular flexibility index (Phi) is 6.95. The topological polar surface area (TPSA) is 93.4 Å². The zero-order valence-corrected chi connectivity index (χ0v) is 22.6. The number of aryl methyl sites for hydroxylation is 1. The average Bonchev–Trinajstić information content (AvgIpc) is 3.49. The number of rotatable bonds is 6. The number of carbonyl (C=O) groups excluding carboxylic acids is 1. The molecule has 36 heavy (non-hydrogen) atoms. The van der Waals surface area contributed by atoms with Crippen LogP contribution in [0.25, 0.3) is 26.3 Å². The number of methoxy groups -OCH3 is 1. The molecule has 0 aliphatic carbocycles. The third-order valence-electron chi connectivity index (χ3n) is 5.64. The van der Waals surface area contributed by atoms with Gasteiger partial charge in [-0.1, -0.05) is 66.8 Å². The van der Waals surface area contributed by atoms with Crippen LogP contribution in [0.2, 0.25) is 0 Å². The lowest BCUT2D eigenvalue weighted by Gasteiger charge is -2.14. The van der Waals surface area contributed by atoms with E-state index >= 15 is 0 Å². The second-order valence-corrected chi connectivity index (χ2v) is 10.1. The molecule has 0 aliphatic rings. The largest absolute Gasteiger partial charge is 0.495 e. The summed E-state index contributed by atoms with van der Waals surface area (Å²) in [7, 11) is 1.54. The molecule has 0 atom stereocenters. The number of fused-ring (bicyclic) bond motifs is 2. The lowest BCUT2D eigenvalue weighted by atomic mass is 10.1. The van der Waals surface area contributed by atoms with Crippen LogP contribution in [0.4, 0.5) is 0 Å². The molecule has 0 bridgehead atoms. The summed E-state index contributed by atoms with van der Waals surface area (Å²) in [5.41, 5.74) is 2.41. The second-order valence-electron chi connectivity index (χ2n) is 7.90. The number of halogens is 1. The molecule has 0 aliphatic heterocycles. The van der Waals surface area contributed by atoms with Gasteiger partial charge >= 0.3 is 0 Å². The number of ether oxygens (including phenoxy) is 1. The van der Waals surface area contributed by atoms with Crippen molar-refractivity contribution >= 4 is 66.2 Å². The third-order valence-corrected chi connectivity index (χ3v) is 7.62. The maximum atomic E-state index is 13.0. The van der Waals surface area contributed by atoms with Gasteiger partial charge in [-0.2, -0.15) is 9.61 Å². The van der Waals surface area contributed by atoms with Gasteiger partial charge in [0.1, 0.15) is 10.8 Å². The van der Waals surface area contributed by atoms with Gasteiger partial charge in [0.15, 0.2) is 10.9 Å². The van der Waals surface area contributed by atoms with E-state index in [1.807, 2.05) is 55.5 Å². The molecule has 0 saturated carbocycles. The molecular formula is C25H21BrN6O2S2. The van der Waals surface area contributed by atoms with Crippen LogP contribution in [0.15, 0.2) is 59.1 Å². The molecule has 5 rings (SSSR count). The Morgan fingerprint density at radius 2 is 1.94 bits per heavy atom. The van der Waals surface area contributed by atoms with Gasteiger partial charge in [-0.05, 0) is 50.6 Å². The standard InChI is InChI=1S/C25H21BrN6O2S2/c1-3-19-29-30-25-32(19)31-23(36-25)15-10-8-14(9-11-15)13-27-24(35)28-22(33)18-12-16-6-4-5-7-17(16)20(26)21(18)34-2/h4-12H,3,13H2,1-2H3,(H2,27,28,33,35). The van der Waals surface area contributed by atoms with E-state index in [1.165, 1.54) is 18.4 Å². The lowest BCUT2D eigenvalue weighted by Crippen LogP contribution is -2.39. The van der Waals surface area contributed by atoms with E-state index in [-0.39, 0.29) is 11.0 Å². The first-order valence-electron chi connectivity index (χ1n) is 11.1. The highest BCUT2D eigenvalue weighted by molar-refractivity contribution is 9.10. The van der Waals surface area contributed by atoms with Gasteiger partial charge < -0.3 is 10.1 Å². The van der Waals surface area contributed by atoms with Gasteiger partial charge in [-0.25, -0.2) is 0 Å². The number of nitrogens with zero attached hydrogens (tertiary/aromatic N) is 4. The number of aromatic nitrogens is 4. The first-order valence-corrected chi connectivity index (χ1v) is 13.1. The quantitative estimate of drug-likeness (QED) is 0.268. The minimum Gasteiger partial charge on any atom is -0.495 e. The van der Waals surface area contributed by atoms with Crippen LogP contribution >= 0.6 is 39.5 Å². The molecule has 2 N–H and O–H groups in total. The Bertz CT molecular complexity index is 1600. The molecule has 0 radical (unpaired) electrons. The van der Waals surface area contributed by atoms with Crippen LogP contribution < -0.4 is 15.4 Å². The van der Waals surface area contributed by atoms with Gasteiger partial charge in [-0.15, -0.1) is 10.2 Å². The minimum atomic E-state index is -0.346. The van der Waals surface area contributed by atoms with E-state index in [9.17, 15) is 4.79 Å². The predicted molar refractivity (Wildman–Crippen MR) is 149 cm³/mol. The lowest BCUT2D eigenvalue weighted by molar-refractivity contribution is 0.0973. The SMILES string of the molecule is CCc1nnc2sc(-c3ccc(CNC(=S)NC(=O)c4cc5ccccc5c(Br)c4OC)cc3)nn12. The van der Waals surface area contributed by atoms with E-state index in [1.54, 1.807) is 10.6 Å². The van der Waals surface area contributed by atoms with Crippen LogP contribution in [0.3, 0.4) is 0 Å². The summed E-state index contributed by atoms with van der Waals surface area (Å²) >= 11 is 10.4. The number of carbonyl (C=O) groups is 1. The van der Waals surface area contributed by atoms with Crippen LogP contribution in [0, 0.1) is 0 Å². The Balaban J connectivity index is 1.24. The first-order chi connectivity index (χ1) is 17.5. The Hall–Kier alpha value is -3.41. The number of benzene rings is 3. The van der Waals surface area contributed by atoms with Gasteiger partial charge in [-0.3, -0.25) is 10.1 Å². The number of hydrogen-bond acceptors (Lipinski definition) is 7. The van der Waals surface area contributed by atoms with Crippen molar-refractivity contribution in [1.82, 2.24) is 30.4 Å². The fourth-order valence-corrected chi connectivity index (χ4v) is 5.57. The molecule has 2 aromatic heterocycles. The molecule has 0 saturated heterocycles. The van der Waals surface area contributed by atoms with Crippen molar-refractivity contribution in [2.45, 2.75) is 19.9 Å². The van der Waals surface area contributed by atoms with Gasteiger partial charge in [0.25, 0.3) is 5.91 Å². The Morgan fingerprint density at radius 3 is 2.69 bits per heavy atom. The van der Waals surface area contributed by atoms with E-state index in [2.05, 4.69) is 41.9 Å². The monoisotopic (exact) mass is 580 g/mol. The number of nitrogens with one attached hydrogen (secondary N) is 2. The summed E-state index contributed by atoms with van der Waals surface area (Å²) < 4.78 is 8.02. The summed E-state index contributed by atoms with van der Waals surface area (Å²) in [5, 5.41) is 21.8. The highest BCUT2D eigenvalue weighted by Crippen LogP contribution is 2.36. The molecule has 5 aromatic rings. The average molecular weight is 582 g/mol. The van der Waals surface area contributed by atoms with Crippen molar-refractivity contribution in [3.8, 4) is 16.3 Å². The van der Waals surface area contributed by atoms with Crippen molar-refractivity contribution in [1.29, 1.82) is 0 Å². The maximum Gasteiger partial charge on any atom is 0.261 e. The van der Waals surface area contributed by atoms with E-state index < -0.39 is 0 Å². The predicted octanol–water partition coefficient (Wildman–Crippen LogP) is 5.14. The molecule has 2 heterocycles. The van der Waals surface area contributed by atoms with Crippen LogP contribution in [0.5, 0.6) is 5.75 Å². The normalized spacial score (nSPS) is 11.1. The third kappa shape index (κ3) is 4.69. The van der Waals surface area contributed by atoms with Crippen LogP contribution in [-0.2, 0) is 13.0 Å². The fraction of sp³-hybridized carbons (Fsp3) is 0.160. The molecule has 0 spiro atoms. The number of amides is 1. The van der Waals surface area contributed by atoms with Crippen molar-refractivity contribution in [3.05, 3.63) is 76.0 Å². The summed E-state index contributed by atoms with van der Waals surface area (Å²) in [5.74, 6) is 0.958. The van der Waals surface area contributed by atoms with Gasteiger partial charge in [0.05, 0.1) is 17.1 Å². The summed E-state index contributed by atoms with van der Waals surface area (Å²) in [6.45, 7) is 2.49. The maximum absolute atomic E-state index is 13.0. The molecule has 8 nitrogen and oxygen atoms in total. The molecular weight excluding hydrogens is 560 g/mol. The van der Waals surface area contributed by atoms with E-state index in [4.69, 9.17) is 17.0 Å². The molecule has 0 fully saturated rings. The summed E-state index contributed by atoms with van der Waals surface area (Å²) in [6, 6.07) is 17.6. The molecule has 182 valence electrons. The summed E-state index contributed by atoms with van der Waals surface area (Å²) in [6.07, 6.45) is 0.774. The zero-order valence-electron chi connectivity index (χ0n) is 19.4. The molecule has 1 amide bonds. The van der Waals surface area contributed by atoms with E-state index in [0.717, 1.165) is 48.6 Å². The second kappa shape index (κ2) is 10.3. The molecule has 3 aromatic carbocycles. The highest BCUT2D eigenvalue weighted by Gasteiger charge is 2.19. The Morgan fingerprint density at radius 1 is 1.17 bits per heavy atom. The number of hydrogen-bond donors (Lipinski definition) is 2. The van der Waals surface area contributed by atoms with Crippen molar-refractivity contribution in [2.24, 2.45) is 0 Å². The van der Waals surface area contributed by atoms with Crippen LogP contribution in [-0.4, -0.2) is 37.9 Å². The van der Waals surface area contributed by atoms with E-state index in [0.29, 0.717) is 17.9 Å². The number of thiocarbonyl (C=S) groups is 1. The first kappa shape index (κ1) is 24.3. The zero-order chi connectivity index (χ0) is 25.2. The highest BCUT2D eigenvalue weighted by atomic mass is 79.9. The van der Waals surface area contributed by atoms with Crippen molar-refractivity contribution in [2.75, 3.05) is 7.11 Å². The fourth-order valence-electron chi connectivity index (χ4n) is 3.81. The van der Waals surface area contributed by atoms with Gasteiger partial charge in [0, 0.05) is 18.5 Å². The van der Waals surface area contributed by atoms with Crippen molar-refractivity contribution < 1.29 is 9.53 Å². The Labute approximate surface area is 224 Å². The smallest absolute Gasteiger partial charge is 0.261 e. The van der Waals surface area contributed by atoms with Crippen molar-refractivity contribution in [3.63, 3.8) is 0 Å². The minimum absolute atomic E-state index is 0.233. The van der Waals surface area contributed by atoms with Gasteiger partial charge in [0.2, 0.25) is 4.96 Å². The molecule has 0 unspecified atom stereocenters. The molecule has 11 heteroatoms.